The third kappa shape index (κ3) is 4.86. The molecule has 27 heavy (non-hydrogen) atoms. The number of benzene rings is 1. The summed E-state index contributed by atoms with van der Waals surface area (Å²) in [6, 6.07) is 11.2. The molecule has 1 aliphatic rings. The van der Waals surface area contributed by atoms with E-state index in [1.165, 1.54) is 12.1 Å². The van der Waals surface area contributed by atoms with Gasteiger partial charge in [0.1, 0.15) is 0 Å². The smallest absolute Gasteiger partial charge is 0.299 e. The Labute approximate surface area is 157 Å². The second-order valence-corrected chi connectivity index (χ2v) is 7.55. The van der Waals surface area contributed by atoms with Crippen molar-refractivity contribution in [2.45, 2.75) is 38.9 Å². The van der Waals surface area contributed by atoms with E-state index in [4.69, 9.17) is 5.26 Å². The van der Waals surface area contributed by atoms with Crippen molar-refractivity contribution in [2.24, 2.45) is 5.41 Å². The highest BCUT2D eigenvalue weighted by Crippen LogP contribution is 2.34. The third-order valence-corrected chi connectivity index (χ3v) is 5.31. The molecule has 3 rings (SSSR count). The van der Waals surface area contributed by atoms with Gasteiger partial charge in [-0.25, -0.2) is 0 Å². The summed E-state index contributed by atoms with van der Waals surface area (Å²) in [7, 11) is 0. The number of aromatic nitrogens is 1. The maximum absolute atomic E-state index is 12.7. The van der Waals surface area contributed by atoms with Gasteiger partial charge < -0.3 is 0 Å². The average molecular weight is 373 g/mol. The molecular formula is C21H22F3N3. The molecule has 0 saturated carbocycles. The summed E-state index contributed by atoms with van der Waals surface area (Å²) < 4.78 is 38.0. The van der Waals surface area contributed by atoms with Gasteiger partial charge in [-0.2, -0.15) is 18.4 Å². The van der Waals surface area contributed by atoms with Crippen LogP contribution in [0.4, 0.5) is 13.2 Å². The Hall–Kier alpha value is -2.39. The first-order chi connectivity index (χ1) is 12.8. The Bertz CT molecular complexity index is 797. The maximum Gasteiger partial charge on any atom is 0.416 e. The fourth-order valence-electron chi connectivity index (χ4n) is 3.40. The van der Waals surface area contributed by atoms with Gasteiger partial charge in [0.05, 0.1) is 17.3 Å². The number of nitriles is 1. The van der Waals surface area contributed by atoms with E-state index >= 15 is 0 Å². The van der Waals surface area contributed by atoms with Gasteiger partial charge in [-0.1, -0.05) is 25.1 Å². The fraction of sp³-hybridized carbons (Fsp3) is 0.429. The van der Waals surface area contributed by atoms with Crippen LogP contribution in [0.3, 0.4) is 0 Å². The van der Waals surface area contributed by atoms with Crippen LogP contribution in [0.5, 0.6) is 0 Å². The molecule has 1 saturated heterocycles. The highest BCUT2D eigenvalue weighted by atomic mass is 19.4. The Kier molecular flexibility index (Phi) is 5.52. The lowest BCUT2D eigenvalue weighted by atomic mass is 9.78. The zero-order valence-corrected chi connectivity index (χ0v) is 15.3. The molecule has 0 atom stereocenters. The summed E-state index contributed by atoms with van der Waals surface area (Å²) in [5.41, 5.74) is 1.87. The quantitative estimate of drug-likeness (QED) is 0.732. The van der Waals surface area contributed by atoms with E-state index in [0.717, 1.165) is 50.2 Å². The summed E-state index contributed by atoms with van der Waals surface area (Å²) in [6.07, 6.45) is 0.0864. The van der Waals surface area contributed by atoms with Gasteiger partial charge in [0, 0.05) is 24.7 Å². The molecule has 1 aromatic carbocycles. The van der Waals surface area contributed by atoms with Crippen LogP contribution in [0.25, 0.3) is 11.3 Å². The van der Waals surface area contributed by atoms with Crippen LogP contribution in [0.15, 0.2) is 42.6 Å². The van der Waals surface area contributed by atoms with Gasteiger partial charge in [-0.3, -0.25) is 9.88 Å². The standard InChI is InChI=1S/C21H22F3N3/c1-20(8-11-25)9-12-27(13-10-20)15-16-2-7-19(26-14-16)17-3-5-18(6-4-17)21(22,23)24/h2-7,14H,8-10,12-13,15H2,1H3. The predicted molar refractivity (Wildman–Crippen MR) is 97.5 cm³/mol. The van der Waals surface area contributed by atoms with Gasteiger partial charge in [-0.15, -0.1) is 0 Å². The molecule has 0 amide bonds. The van der Waals surface area contributed by atoms with Crippen LogP contribution in [0.1, 0.15) is 37.3 Å². The highest BCUT2D eigenvalue weighted by molar-refractivity contribution is 5.59. The summed E-state index contributed by atoms with van der Waals surface area (Å²) in [6.45, 7) is 4.88. The molecule has 2 aromatic rings. The van der Waals surface area contributed by atoms with Crippen LogP contribution in [0.2, 0.25) is 0 Å². The second kappa shape index (κ2) is 7.69. The zero-order valence-electron chi connectivity index (χ0n) is 15.3. The number of alkyl halides is 3. The lowest BCUT2D eigenvalue weighted by Crippen LogP contribution is -2.38. The SMILES string of the molecule is CC1(CC#N)CCN(Cc2ccc(-c3ccc(C(F)(F)F)cc3)nc2)CC1. The van der Waals surface area contributed by atoms with E-state index in [1.807, 2.05) is 12.1 Å². The number of nitrogens with zero attached hydrogens (tertiary/aromatic N) is 3. The minimum absolute atomic E-state index is 0.121. The Balaban J connectivity index is 1.60. The molecular weight excluding hydrogens is 351 g/mol. The van der Waals surface area contributed by atoms with Crippen molar-refractivity contribution in [3.05, 3.63) is 53.7 Å². The van der Waals surface area contributed by atoms with E-state index in [1.54, 1.807) is 6.20 Å². The van der Waals surface area contributed by atoms with Crippen molar-refractivity contribution >= 4 is 0 Å². The highest BCUT2D eigenvalue weighted by Gasteiger charge is 2.30. The van der Waals surface area contributed by atoms with Crippen molar-refractivity contribution in [3.8, 4) is 17.3 Å². The van der Waals surface area contributed by atoms with Crippen LogP contribution in [-0.2, 0) is 12.7 Å². The van der Waals surface area contributed by atoms with Gasteiger partial charge in [0.2, 0.25) is 0 Å². The molecule has 0 radical (unpaired) electrons. The average Bonchev–Trinajstić information content (AvgIpc) is 2.64. The summed E-state index contributed by atoms with van der Waals surface area (Å²) >= 11 is 0. The molecule has 2 heterocycles. The molecule has 1 aliphatic heterocycles. The predicted octanol–water partition coefficient (Wildman–Crippen LogP) is 5.28. The van der Waals surface area contributed by atoms with E-state index in [-0.39, 0.29) is 5.41 Å². The van der Waals surface area contributed by atoms with Crippen molar-refractivity contribution in [2.75, 3.05) is 13.1 Å². The van der Waals surface area contributed by atoms with E-state index in [2.05, 4.69) is 22.9 Å². The number of likely N-dealkylation sites (tertiary alicyclic amines) is 1. The lowest BCUT2D eigenvalue weighted by Gasteiger charge is -2.38. The Morgan fingerprint density at radius 2 is 1.78 bits per heavy atom. The molecule has 1 aromatic heterocycles. The number of hydrogen-bond donors (Lipinski definition) is 0. The summed E-state index contributed by atoms with van der Waals surface area (Å²) in [5.74, 6) is 0. The van der Waals surface area contributed by atoms with Crippen LogP contribution >= 0.6 is 0 Å². The minimum Gasteiger partial charge on any atom is -0.299 e. The first-order valence-electron chi connectivity index (χ1n) is 9.01. The van der Waals surface area contributed by atoms with E-state index in [9.17, 15) is 13.2 Å². The first-order valence-corrected chi connectivity index (χ1v) is 9.01. The number of hydrogen-bond acceptors (Lipinski definition) is 3. The first kappa shape index (κ1) is 19.4. The Morgan fingerprint density at radius 1 is 1.11 bits per heavy atom. The molecule has 3 nitrogen and oxygen atoms in total. The molecule has 0 spiro atoms. The van der Waals surface area contributed by atoms with Crippen molar-refractivity contribution in [3.63, 3.8) is 0 Å². The van der Waals surface area contributed by atoms with Crippen LogP contribution in [0, 0.1) is 16.7 Å². The number of piperidine rings is 1. The molecule has 0 N–H and O–H groups in total. The number of pyridine rings is 1. The summed E-state index contributed by atoms with van der Waals surface area (Å²) in [5, 5.41) is 8.93. The van der Waals surface area contributed by atoms with Crippen molar-refractivity contribution in [1.82, 2.24) is 9.88 Å². The molecule has 0 bridgehead atoms. The van der Waals surface area contributed by atoms with Crippen molar-refractivity contribution in [1.29, 1.82) is 5.26 Å². The van der Waals surface area contributed by atoms with Gasteiger partial charge in [-0.05, 0) is 55.1 Å². The normalized spacial score (nSPS) is 17.4. The minimum atomic E-state index is -4.33. The van der Waals surface area contributed by atoms with Crippen LogP contribution in [-0.4, -0.2) is 23.0 Å². The van der Waals surface area contributed by atoms with E-state index in [0.29, 0.717) is 17.7 Å². The van der Waals surface area contributed by atoms with E-state index < -0.39 is 11.7 Å². The molecule has 6 heteroatoms. The maximum atomic E-state index is 12.7. The Morgan fingerprint density at radius 3 is 2.30 bits per heavy atom. The van der Waals surface area contributed by atoms with Gasteiger partial charge >= 0.3 is 6.18 Å². The second-order valence-electron chi connectivity index (χ2n) is 7.55. The topological polar surface area (TPSA) is 39.9 Å². The monoisotopic (exact) mass is 373 g/mol. The van der Waals surface area contributed by atoms with Gasteiger partial charge in [0.15, 0.2) is 0 Å². The molecule has 142 valence electrons. The zero-order chi connectivity index (χ0) is 19.5. The molecule has 0 unspecified atom stereocenters. The van der Waals surface area contributed by atoms with Crippen molar-refractivity contribution < 1.29 is 13.2 Å². The number of halogens is 3. The van der Waals surface area contributed by atoms with Crippen LogP contribution < -0.4 is 0 Å². The van der Waals surface area contributed by atoms with Gasteiger partial charge in [0.25, 0.3) is 0 Å². The molecule has 0 aliphatic carbocycles. The summed E-state index contributed by atoms with van der Waals surface area (Å²) in [4.78, 5) is 6.77. The molecule has 1 fully saturated rings. The largest absolute Gasteiger partial charge is 0.416 e. The fourth-order valence-corrected chi connectivity index (χ4v) is 3.40. The third-order valence-electron chi connectivity index (χ3n) is 5.31. The number of rotatable bonds is 4. The lowest BCUT2D eigenvalue weighted by molar-refractivity contribution is -0.137.